The molecule has 3 aromatic rings. The van der Waals surface area contributed by atoms with Gasteiger partial charge >= 0.3 is 0 Å². The van der Waals surface area contributed by atoms with Crippen LogP contribution in [0.5, 0.6) is 5.75 Å². The molecule has 1 aromatic carbocycles. The number of anilines is 1. The molecule has 0 amide bonds. The van der Waals surface area contributed by atoms with Gasteiger partial charge in [0.25, 0.3) is 0 Å². The van der Waals surface area contributed by atoms with Crippen molar-refractivity contribution in [1.29, 1.82) is 0 Å². The van der Waals surface area contributed by atoms with Crippen LogP contribution in [0.2, 0.25) is 0 Å². The largest absolute Gasteiger partial charge is 0.494 e. The number of H-pyrrole nitrogens is 1. The lowest BCUT2D eigenvalue weighted by Crippen LogP contribution is -2.00. The van der Waals surface area contributed by atoms with Crippen molar-refractivity contribution in [2.45, 2.75) is 13.5 Å². The van der Waals surface area contributed by atoms with Gasteiger partial charge in [-0.3, -0.25) is 5.10 Å². The van der Waals surface area contributed by atoms with E-state index in [1.807, 2.05) is 43.5 Å². The molecule has 3 rings (SSSR count). The molecule has 4 nitrogen and oxygen atoms in total. The van der Waals surface area contributed by atoms with Crippen LogP contribution in [-0.4, -0.2) is 16.8 Å². The molecule has 0 aliphatic heterocycles. The number of nitrogens with zero attached hydrogens (tertiary/aromatic N) is 1. The molecule has 2 aromatic heterocycles. The number of hydrogen-bond donors (Lipinski definition) is 2. The van der Waals surface area contributed by atoms with Crippen LogP contribution in [0.3, 0.4) is 0 Å². The number of rotatable bonds is 6. The molecule has 0 bridgehead atoms. The molecular formula is C16H17N3OS. The Hall–Kier alpha value is -2.27. The first-order valence-corrected chi connectivity index (χ1v) is 7.77. The average Bonchev–Trinajstić information content (AvgIpc) is 3.17. The first kappa shape index (κ1) is 13.7. The van der Waals surface area contributed by atoms with Crippen LogP contribution in [-0.2, 0) is 6.54 Å². The van der Waals surface area contributed by atoms with Gasteiger partial charge in [0.05, 0.1) is 23.4 Å². The maximum atomic E-state index is 5.51. The van der Waals surface area contributed by atoms with Crippen molar-refractivity contribution in [3.05, 3.63) is 53.5 Å². The van der Waals surface area contributed by atoms with Crippen molar-refractivity contribution in [2.24, 2.45) is 0 Å². The molecule has 0 radical (unpaired) electrons. The highest BCUT2D eigenvalue weighted by Gasteiger charge is 2.08. The van der Waals surface area contributed by atoms with Gasteiger partial charge in [-0.15, -0.1) is 11.3 Å². The predicted octanol–water partition coefficient (Wildman–Crippen LogP) is 4.15. The third kappa shape index (κ3) is 3.25. The minimum atomic E-state index is 0.674. The summed E-state index contributed by atoms with van der Waals surface area (Å²) < 4.78 is 5.51. The molecule has 0 atom stereocenters. The highest BCUT2D eigenvalue weighted by molar-refractivity contribution is 7.13. The SMILES string of the molecule is CCOc1cccc(NCc2cn[nH]c2-c2cccs2)c1. The molecule has 0 spiro atoms. The van der Waals surface area contributed by atoms with Gasteiger partial charge in [0, 0.05) is 23.9 Å². The summed E-state index contributed by atoms with van der Waals surface area (Å²) in [5, 5.41) is 12.7. The molecule has 5 heteroatoms. The minimum Gasteiger partial charge on any atom is -0.494 e. The van der Waals surface area contributed by atoms with Crippen molar-refractivity contribution >= 4 is 17.0 Å². The van der Waals surface area contributed by atoms with Crippen LogP contribution in [0, 0.1) is 0 Å². The number of nitrogens with one attached hydrogen (secondary N) is 2. The van der Waals surface area contributed by atoms with E-state index < -0.39 is 0 Å². The Balaban J connectivity index is 1.71. The Morgan fingerprint density at radius 3 is 3.05 bits per heavy atom. The van der Waals surface area contributed by atoms with Gasteiger partial charge in [-0.25, -0.2) is 0 Å². The van der Waals surface area contributed by atoms with Gasteiger partial charge in [0.15, 0.2) is 0 Å². The van der Waals surface area contributed by atoms with Crippen molar-refractivity contribution in [3.63, 3.8) is 0 Å². The fourth-order valence-corrected chi connectivity index (χ4v) is 2.89. The highest BCUT2D eigenvalue weighted by Crippen LogP contribution is 2.26. The van der Waals surface area contributed by atoms with E-state index in [2.05, 4.69) is 27.0 Å². The number of benzene rings is 1. The fourth-order valence-electron chi connectivity index (χ4n) is 2.14. The summed E-state index contributed by atoms with van der Waals surface area (Å²) in [5.74, 6) is 0.883. The van der Waals surface area contributed by atoms with E-state index in [0.29, 0.717) is 6.61 Å². The van der Waals surface area contributed by atoms with E-state index in [-0.39, 0.29) is 0 Å². The van der Waals surface area contributed by atoms with Crippen LogP contribution in [0.4, 0.5) is 5.69 Å². The number of ether oxygens (including phenoxy) is 1. The summed E-state index contributed by atoms with van der Waals surface area (Å²) in [6.45, 7) is 3.38. The summed E-state index contributed by atoms with van der Waals surface area (Å²) in [4.78, 5) is 1.20. The van der Waals surface area contributed by atoms with Crippen LogP contribution < -0.4 is 10.1 Å². The quantitative estimate of drug-likeness (QED) is 0.719. The Labute approximate surface area is 127 Å². The Morgan fingerprint density at radius 1 is 1.29 bits per heavy atom. The number of aromatic nitrogens is 2. The second kappa shape index (κ2) is 6.45. The molecule has 2 heterocycles. The Bertz CT molecular complexity index is 691. The molecule has 2 N–H and O–H groups in total. The van der Waals surface area contributed by atoms with Gasteiger partial charge in [0.2, 0.25) is 0 Å². The molecule has 108 valence electrons. The maximum absolute atomic E-state index is 5.51. The van der Waals surface area contributed by atoms with E-state index in [1.165, 1.54) is 4.88 Å². The Morgan fingerprint density at radius 2 is 2.24 bits per heavy atom. The molecule has 0 saturated heterocycles. The average molecular weight is 299 g/mol. The second-order valence-corrected chi connectivity index (χ2v) is 5.51. The molecule has 0 fully saturated rings. The van der Waals surface area contributed by atoms with Crippen LogP contribution in [0.15, 0.2) is 48.0 Å². The van der Waals surface area contributed by atoms with Crippen molar-refractivity contribution < 1.29 is 4.74 Å². The van der Waals surface area contributed by atoms with E-state index >= 15 is 0 Å². The van der Waals surface area contributed by atoms with Gasteiger partial charge in [-0.05, 0) is 30.5 Å². The summed E-state index contributed by atoms with van der Waals surface area (Å²) in [6, 6.07) is 12.1. The summed E-state index contributed by atoms with van der Waals surface area (Å²) in [6.07, 6.45) is 1.87. The van der Waals surface area contributed by atoms with E-state index in [1.54, 1.807) is 11.3 Å². The molecule has 0 aliphatic carbocycles. The maximum Gasteiger partial charge on any atom is 0.121 e. The number of thiophene rings is 1. The van der Waals surface area contributed by atoms with Gasteiger partial charge in [-0.2, -0.15) is 5.10 Å². The van der Waals surface area contributed by atoms with Crippen LogP contribution in [0.1, 0.15) is 12.5 Å². The van der Waals surface area contributed by atoms with Crippen LogP contribution in [0.25, 0.3) is 10.6 Å². The summed E-state index contributed by atoms with van der Waals surface area (Å²) in [7, 11) is 0. The zero-order valence-electron chi connectivity index (χ0n) is 11.8. The first-order valence-electron chi connectivity index (χ1n) is 6.89. The highest BCUT2D eigenvalue weighted by atomic mass is 32.1. The van der Waals surface area contributed by atoms with Crippen molar-refractivity contribution in [3.8, 4) is 16.3 Å². The summed E-state index contributed by atoms with van der Waals surface area (Å²) in [5.41, 5.74) is 3.28. The van der Waals surface area contributed by atoms with Crippen molar-refractivity contribution in [2.75, 3.05) is 11.9 Å². The van der Waals surface area contributed by atoms with Gasteiger partial charge < -0.3 is 10.1 Å². The topological polar surface area (TPSA) is 49.9 Å². The van der Waals surface area contributed by atoms with Gasteiger partial charge in [-0.1, -0.05) is 12.1 Å². The third-order valence-corrected chi connectivity index (χ3v) is 4.00. The van der Waals surface area contributed by atoms with Gasteiger partial charge in [0.1, 0.15) is 5.75 Å². The molecule has 21 heavy (non-hydrogen) atoms. The smallest absolute Gasteiger partial charge is 0.121 e. The van der Waals surface area contributed by atoms with Crippen LogP contribution >= 0.6 is 11.3 Å². The van der Waals surface area contributed by atoms with Crippen molar-refractivity contribution in [1.82, 2.24) is 10.2 Å². The molecule has 0 aliphatic rings. The lowest BCUT2D eigenvalue weighted by atomic mass is 10.2. The molecule has 0 saturated carbocycles. The zero-order chi connectivity index (χ0) is 14.5. The molecule has 0 unspecified atom stereocenters. The number of aromatic amines is 1. The molecular weight excluding hydrogens is 282 g/mol. The fraction of sp³-hybridized carbons (Fsp3) is 0.188. The summed E-state index contributed by atoms with van der Waals surface area (Å²) >= 11 is 1.71. The lowest BCUT2D eigenvalue weighted by molar-refractivity contribution is 0.340. The zero-order valence-corrected chi connectivity index (χ0v) is 12.6. The first-order chi connectivity index (χ1) is 10.4. The Kier molecular flexibility index (Phi) is 4.21. The lowest BCUT2D eigenvalue weighted by Gasteiger charge is -2.09. The van der Waals surface area contributed by atoms with E-state index in [0.717, 1.165) is 29.2 Å². The predicted molar refractivity (Wildman–Crippen MR) is 86.8 cm³/mol. The standard InChI is InChI=1S/C16H17N3OS/c1-2-20-14-6-3-5-13(9-14)17-10-12-11-18-19-16(12)15-7-4-8-21-15/h3-9,11,17H,2,10H2,1H3,(H,18,19). The second-order valence-electron chi connectivity index (χ2n) is 4.56. The third-order valence-electron chi connectivity index (χ3n) is 3.11. The normalized spacial score (nSPS) is 10.5. The number of hydrogen-bond acceptors (Lipinski definition) is 4. The van der Waals surface area contributed by atoms with E-state index in [4.69, 9.17) is 4.74 Å². The minimum absolute atomic E-state index is 0.674. The van der Waals surface area contributed by atoms with E-state index in [9.17, 15) is 0 Å². The monoisotopic (exact) mass is 299 g/mol.